The summed E-state index contributed by atoms with van der Waals surface area (Å²) >= 11 is 0. The van der Waals surface area contributed by atoms with Gasteiger partial charge in [0.05, 0.1) is 0 Å². The number of amides is 1. The molecule has 1 aromatic rings. The van der Waals surface area contributed by atoms with Crippen molar-refractivity contribution in [1.29, 1.82) is 0 Å². The fraction of sp³-hybridized carbons (Fsp3) is 0.533. The zero-order valence-electron chi connectivity index (χ0n) is 11.1. The molecule has 0 spiro atoms. The van der Waals surface area contributed by atoms with E-state index in [1.54, 1.807) is 0 Å². The van der Waals surface area contributed by atoms with Crippen LogP contribution in [-0.2, 0) is 11.2 Å². The van der Waals surface area contributed by atoms with Crippen LogP contribution in [0.2, 0.25) is 0 Å². The summed E-state index contributed by atoms with van der Waals surface area (Å²) in [5.74, 6) is 0.967. The monoisotopic (exact) mass is 246 g/mol. The second kappa shape index (κ2) is 5.89. The lowest BCUT2D eigenvalue weighted by atomic mass is 10.0. The predicted octanol–water partition coefficient (Wildman–Crippen LogP) is 2.46. The average Bonchev–Trinajstić information content (AvgIpc) is 2.52. The van der Waals surface area contributed by atoms with E-state index < -0.39 is 0 Å². The highest BCUT2D eigenvalue weighted by Crippen LogP contribution is 2.18. The Hall–Kier alpha value is -1.51. The summed E-state index contributed by atoms with van der Waals surface area (Å²) in [4.78, 5) is 14.0. The van der Waals surface area contributed by atoms with Crippen molar-refractivity contribution in [2.75, 3.05) is 18.8 Å². The molecule has 0 saturated carbocycles. The molecule has 3 heteroatoms. The van der Waals surface area contributed by atoms with Crippen LogP contribution in [0.15, 0.2) is 24.3 Å². The number of para-hydroxylation sites is 1. The van der Waals surface area contributed by atoms with E-state index in [0.29, 0.717) is 18.2 Å². The van der Waals surface area contributed by atoms with E-state index in [2.05, 4.69) is 6.92 Å². The Bertz CT molecular complexity index is 417. The third kappa shape index (κ3) is 3.25. The molecule has 1 aliphatic heterocycles. The largest absolute Gasteiger partial charge is 0.399 e. The number of hydrogen-bond acceptors (Lipinski definition) is 2. The standard InChI is InChI=1S/C15H22N2O/c1-12-6-7-15(18)17(10-8-12)11-9-13-4-2-3-5-14(13)16/h2-5,12H,6-11,16H2,1H3. The second-order valence-electron chi connectivity index (χ2n) is 5.26. The predicted molar refractivity (Wildman–Crippen MR) is 74.2 cm³/mol. The highest BCUT2D eigenvalue weighted by molar-refractivity contribution is 5.76. The van der Waals surface area contributed by atoms with Gasteiger partial charge in [-0.25, -0.2) is 0 Å². The molecule has 98 valence electrons. The zero-order valence-corrected chi connectivity index (χ0v) is 11.1. The number of anilines is 1. The molecule has 0 aliphatic carbocycles. The van der Waals surface area contributed by atoms with Crippen molar-refractivity contribution in [3.63, 3.8) is 0 Å². The van der Waals surface area contributed by atoms with Gasteiger partial charge in [-0.3, -0.25) is 4.79 Å². The van der Waals surface area contributed by atoms with Crippen molar-refractivity contribution in [3.05, 3.63) is 29.8 Å². The van der Waals surface area contributed by atoms with Crippen LogP contribution in [0.4, 0.5) is 5.69 Å². The van der Waals surface area contributed by atoms with Gasteiger partial charge in [0.1, 0.15) is 0 Å². The molecule has 0 radical (unpaired) electrons. The van der Waals surface area contributed by atoms with Crippen molar-refractivity contribution in [3.8, 4) is 0 Å². The minimum atomic E-state index is 0.300. The second-order valence-corrected chi connectivity index (χ2v) is 5.26. The molecule has 1 atom stereocenters. The van der Waals surface area contributed by atoms with Gasteiger partial charge in [-0.1, -0.05) is 25.1 Å². The van der Waals surface area contributed by atoms with E-state index in [1.807, 2.05) is 29.2 Å². The van der Waals surface area contributed by atoms with Crippen LogP contribution in [0.5, 0.6) is 0 Å². The van der Waals surface area contributed by atoms with E-state index in [4.69, 9.17) is 5.73 Å². The first-order chi connectivity index (χ1) is 8.66. The number of carbonyl (C=O) groups excluding carboxylic acids is 1. The maximum Gasteiger partial charge on any atom is 0.222 e. The summed E-state index contributed by atoms with van der Waals surface area (Å²) in [6.45, 7) is 3.92. The Balaban J connectivity index is 1.93. The maximum absolute atomic E-state index is 12.0. The molecular formula is C15H22N2O. The van der Waals surface area contributed by atoms with Gasteiger partial charge in [0, 0.05) is 25.2 Å². The van der Waals surface area contributed by atoms with Crippen LogP contribution >= 0.6 is 0 Å². The van der Waals surface area contributed by atoms with Gasteiger partial charge < -0.3 is 10.6 Å². The van der Waals surface area contributed by atoms with Crippen LogP contribution in [0.25, 0.3) is 0 Å². The summed E-state index contributed by atoms with van der Waals surface area (Å²) in [7, 11) is 0. The summed E-state index contributed by atoms with van der Waals surface area (Å²) in [6.07, 6.45) is 3.71. The van der Waals surface area contributed by atoms with E-state index in [9.17, 15) is 4.79 Å². The Labute approximate surface area is 109 Å². The molecule has 1 heterocycles. The van der Waals surface area contributed by atoms with Crippen LogP contribution in [-0.4, -0.2) is 23.9 Å². The number of nitrogens with two attached hydrogens (primary N) is 1. The summed E-state index contributed by atoms with van der Waals surface area (Å²) in [6, 6.07) is 7.90. The van der Waals surface area contributed by atoms with Crippen molar-refractivity contribution in [2.24, 2.45) is 5.92 Å². The Morgan fingerprint density at radius 3 is 2.89 bits per heavy atom. The Morgan fingerprint density at radius 2 is 2.11 bits per heavy atom. The molecule has 0 aromatic heterocycles. The van der Waals surface area contributed by atoms with Gasteiger partial charge in [-0.2, -0.15) is 0 Å². The summed E-state index contributed by atoms with van der Waals surface area (Å²) < 4.78 is 0. The number of benzene rings is 1. The molecule has 2 rings (SSSR count). The van der Waals surface area contributed by atoms with Gasteiger partial charge in [0.25, 0.3) is 0 Å². The third-order valence-electron chi connectivity index (χ3n) is 3.80. The minimum Gasteiger partial charge on any atom is -0.399 e. The van der Waals surface area contributed by atoms with Crippen molar-refractivity contribution in [2.45, 2.75) is 32.6 Å². The number of carbonyl (C=O) groups is 1. The smallest absolute Gasteiger partial charge is 0.222 e. The van der Waals surface area contributed by atoms with E-state index in [0.717, 1.165) is 43.6 Å². The maximum atomic E-state index is 12.0. The molecular weight excluding hydrogens is 224 g/mol. The number of nitrogens with zero attached hydrogens (tertiary/aromatic N) is 1. The van der Waals surface area contributed by atoms with Gasteiger partial charge >= 0.3 is 0 Å². The fourth-order valence-corrected chi connectivity index (χ4v) is 2.43. The molecule has 0 bridgehead atoms. The van der Waals surface area contributed by atoms with E-state index >= 15 is 0 Å². The summed E-state index contributed by atoms with van der Waals surface area (Å²) in [5.41, 5.74) is 7.89. The third-order valence-corrected chi connectivity index (χ3v) is 3.80. The van der Waals surface area contributed by atoms with Crippen molar-refractivity contribution < 1.29 is 4.79 Å². The topological polar surface area (TPSA) is 46.3 Å². The molecule has 1 fully saturated rings. The number of rotatable bonds is 3. The first-order valence-corrected chi connectivity index (χ1v) is 6.78. The molecule has 18 heavy (non-hydrogen) atoms. The highest BCUT2D eigenvalue weighted by Gasteiger charge is 2.19. The van der Waals surface area contributed by atoms with E-state index in [1.165, 1.54) is 0 Å². The Kier molecular flexibility index (Phi) is 4.24. The summed E-state index contributed by atoms with van der Waals surface area (Å²) in [5, 5.41) is 0. The molecule has 1 unspecified atom stereocenters. The van der Waals surface area contributed by atoms with Crippen LogP contribution in [0, 0.1) is 5.92 Å². The number of nitrogen functional groups attached to an aromatic ring is 1. The number of likely N-dealkylation sites (tertiary alicyclic amines) is 1. The molecule has 1 amide bonds. The first kappa shape index (κ1) is 12.9. The lowest BCUT2D eigenvalue weighted by Gasteiger charge is -2.21. The van der Waals surface area contributed by atoms with Crippen LogP contribution in [0.1, 0.15) is 31.7 Å². The van der Waals surface area contributed by atoms with E-state index in [-0.39, 0.29) is 0 Å². The number of hydrogen-bond donors (Lipinski definition) is 1. The fourth-order valence-electron chi connectivity index (χ4n) is 2.43. The molecule has 1 aromatic carbocycles. The lowest BCUT2D eigenvalue weighted by Crippen LogP contribution is -2.32. The minimum absolute atomic E-state index is 0.300. The van der Waals surface area contributed by atoms with Crippen molar-refractivity contribution >= 4 is 11.6 Å². The lowest BCUT2D eigenvalue weighted by molar-refractivity contribution is -0.130. The van der Waals surface area contributed by atoms with Crippen LogP contribution < -0.4 is 5.73 Å². The SMILES string of the molecule is CC1CCC(=O)N(CCc2ccccc2N)CC1. The molecule has 1 saturated heterocycles. The average molecular weight is 246 g/mol. The van der Waals surface area contributed by atoms with Crippen molar-refractivity contribution in [1.82, 2.24) is 4.90 Å². The zero-order chi connectivity index (χ0) is 13.0. The Morgan fingerprint density at radius 1 is 1.33 bits per heavy atom. The quantitative estimate of drug-likeness (QED) is 0.833. The van der Waals surface area contributed by atoms with Gasteiger partial charge in [0.15, 0.2) is 0 Å². The first-order valence-electron chi connectivity index (χ1n) is 6.78. The highest BCUT2D eigenvalue weighted by atomic mass is 16.2. The molecule has 2 N–H and O–H groups in total. The molecule has 3 nitrogen and oxygen atoms in total. The van der Waals surface area contributed by atoms with Gasteiger partial charge in [0.2, 0.25) is 5.91 Å². The van der Waals surface area contributed by atoms with Crippen LogP contribution in [0.3, 0.4) is 0 Å². The van der Waals surface area contributed by atoms with Gasteiger partial charge in [-0.15, -0.1) is 0 Å². The normalized spacial score (nSPS) is 20.8. The van der Waals surface area contributed by atoms with Gasteiger partial charge in [-0.05, 0) is 36.8 Å². The molecule has 1 aliphatic rings.